The maximum atomic E-state index is 13.0. The largest absolute Gasteiger partial charge is 0.316 e. The van der Waals surface area contributed by atoms with E-state index in [2.05, 4.69) is 12.2 Å². The maximum Gasteiger partial charge on any atom is 0.123 e. The predicted molar refractivity (Wildman–Crippen MR) is 65.0 cm³/mol. The number of hydrogen-bond donors (Lipinski definition) is 1. The van der Waals surface area contributed by atoms with Crippen LogP contribution < -0.4 is 5.32 Å². The number of aryl methyl sites for hydroxylation is 1. The minimum Gasteiger partial charge on any atom is -0.316 e. The molecule has 1 N–H and O–H groups in total. The molecule has 2 rings (SSSR count). The minimum absolute atomic E-state index is 0.128. The summed E-state index contributed by atoms with van der Waals surface area (Å²) >= 11 is 0. The lowest BCUT2D eigenvalue weighted by atomic mass is 9.86. The molecule has 0 aliphatic carbocycles. The molecular weight excluding hydrogens is 201 g/mol. The Hall–Kier alpha value is -0.890. The smallest absolute Gasteiger partial charge is 0.123 e. The van der Waals surface area contributed by atoms with Gasteiger partial charge in [-0.3, -0.25) is 0 Å². The lowest BCUT2D eigenvalue weighted by molar-refractivity contribution is 0.301. The van der Waals surface area contributed by atoms with Crippen molar-refractivity contribution in [2.24, 2.45) is 11.8 Å². The first-order valence-corrected chi connectivity index (χ1v) is 6.11. The second kappa shape index (κ2) is 4.96. The molecule has 0 aromatic heterocycles. The lowest BCUT2D eigenvalue weighted by Gasteiger charge is -2.28. The molecule has 88 valence electrons. The average Bonchev–Trinajstić information content (AvgIpc) is 2.22. The summed E-state index contributed by atoms with van der Waals surface area (Å²) in [7, 11) is 0. The Morgan fingerprint density at radius 3 is 2.88 bits per heavy atom. The molecule has 1 aliphatic rings. The number of hydrogen-bond acceptors (Lipinski definition) is 1. The van der Waals surface area contributed by atoms with Crippen molar-refractivity contribution in [1.29, 1.82) is 0 Å². The molecule has 2 atom stereocenters. The van der Waals surface area contributed by atoms with E-state index in [1.165, 1.54) is 12.0 Å². The van der Waals surface area contributed by atoms with E-state index in [0.717, 1.165) is 31.0 Å². The van der Waals surface area contributed by atoms with Crippen molar-refractivity contribution < 1.29 is 4.39 Å². The van der Waals surface area contributed by atoms with Crippen molar-refractivity contribution >= 4 is 0 Å². The zero-order chi connectivity index (χ0) is 11.5. The van der Waals surface area contributed by atoms with Crippen LogP contribution >= 0.6 is 0 Å². The Balaban J connectivity index is 2.02. The normalized spacial score (nSPS) is 25.7. The monoisotopic (exact) mass is 221 g/mol. The molecule has 0 radical (unpaired) electrons. The van der Waals surface area contributed by atoms with E-state index in [4.69, 9.17) is 0 Å². The second-order valence-corrected chi connectivity index (χ2v) is 5.14. The van der Waals surface area contributed by atoms with Gasteiger partial charge in [0.1, 0.15) is 5.82 Å². The highest BCUT2D eigenvalue weighted by atomic mass is 19.1. The molecule has 16 heavy (non-hydrogen) atoms. The maximum absolute atomic E-state index is 13.0. The van der Waals surface area contributed by atoms with Crippen LogP contribution in [0, 0.1) is 24.6 Å². The molecule has 0 amide bonds. The molecule has 0 bridgehead atoms. The van der Waals surface area contributed by atoms with E-state index < -0.39 is 0 Å². The molecule has 2 unspecified atom stereocenters. The molecule has 1 aliphatic heterocycles. The molecule has 1 saturated heterocycles. The fourth-order valence-corrected chi connectivity index (χ4v) is 2.62. The highest BCUT2D eigenvalue weighted by molar-refractivity contribution is 5.27. The van der Waals surface area contributed by atoms with Crippen molar-refractivity contribution in [3.05, 3.63) is 35.1 Å². The fraction of sp³-hybridized carbons (Fsp3) is 0.571. The third kappa shape index (κ3) is 2.82. The van der Waals surface area contributed by atoms with Gasteiger partial charge in [-0.1, -0.05) is 13.0 Å². The van der Waals surface area contributed by atoms with E-state index >= 15 is 0 Å². The summed E-state index contributed by atoms with van der Waals surface area (Å²) in [4.78, 5) is 0. The predicted octanol–water partition coefficient (Wildman–Crippen LogP) is 2.92. The first kappa shape index (κ1) is 11.6. The van der Waals surface area contributed by atoms with E-state index in [1.807, 2.05) is 13.0 Å². The highest BCUT2D eigenvalue weighted by Crippen LogP contribution is 2.22. The molecule has 1 aromatic rings. The van der Waals surface area contributed by atoms with Crippen LogP contribution in [0.1, 0.15) is 24.5 Å². The average molecular weight is 221 g/mol. The van der Waals surface area contributed by atoms with Gasteiger partial charge >= 0.3 is 0 Å². The van der Waals surface area contributed by atoms with Crippen molar-refractivity contribution in [3.63, 3.8) is 0 Å². The Bertz CT molecular complexity index is 362. The summed E-state index contributed by atoms with van der Waals surface area (Å²) in [5.74, 6) is 1.34. The van der Waals surface area contributed by atoms with Crippen molar-refractivity contribution in [2.75, 3.05) is 13.1 Å². The SMILES string of the molecule is Cc1cc(F)ccc1CC1CNCC(C)C1. The number of nitrogens with one attached hydrogen (secondary N) is 1. The molecular formula is C14H20FN. The highest BCUT2D eigenvalue weighted by Gasteiger charge is 2.19. The molecule has 1 aromatic carbocycles. The molecule has 2 heteroatoms. The van der Waals surface area contributed by atoms with Gasteiger partial charge in [0.2, 0.25) is 0 Å². The van der Waals surface area contributed by atoms with E-state index in [1.54, 1.807) is 12.1 Å². The quantitative estimate of drug-likeness (QED) is 0.809. The standard InChI is InChI=1S/C14H20FN/c1-10-5-12(9-16-8-10)7-13-3-4-14(15)6-11(13)2/h3-4,6,10,12,16H,5,7-9H2,1-2H3. The minimum atomic E-state index is -0.128. The van der Waals surface area contributed by atoms with Crippen LogP contribution in [-0.4, -0.2) is 13.1 Å². The topological polar surface area (TPSA) is 12.0 Å². The van der Waals surface area contributed by atoms with Crippen LogP contribution in [0.4, 0.5) is 4.39 Å². The Morgan fingerprint density at radius 2 is 2.19 bits per heavy atom. The Morgan fingerprint density at radius 1 is 1.38 bits per heavy atom. The van der Waals surface area contributed by atoms with Gasteiger partial charge in [0.05, 0.1) is 0 Å². The van der Waals surface area contributed by atoms with Gasteiger partial charge in [-0.05, 0) is 68.0 Å². The molecule has 0 spiro atoms. The van der Waals surface area contributed by atoms with Crippen molar-refractivity contribution in [2.45, 2.75) is 26.7 Å². The van der Waals surface area contributed by atoms with E-state index in [0.29, 0.717) is 5.92 Å². The van der Waals surface area contributed by atoms with Gasteiger partial charge in [-0.25, -0.2) is 4.39 Å². The van der Waals surface area contributed by atoms with Gasteiger partial charge in [0.15, 0.2) is 0 Å². The summed E-state index contributed by atoms with van der Waals surface area (Å²) in [6.07, 6.45) is 2.35. The van der Waals surface area contributed by atoms with Crippen LogP contribution in [0.25, 0.3) is 0 Å². The molecule has 1 nitrogen and oxygen atoms in total. The van der Waals surface area contributed by atoms with Crippen LogP contribution in [0.15, 0.2) is 18.2 Å². The lowest BCUT2D eigenvalue weighted by Crippen LogP contribution is -2.36. The summed E-state index contributed by atoms with van der Waals surface area (Å²) < 4.78 is 13.0. The fourth-order valence-electron chi connectivity index (χ4n) is 2.62. The van der Waals surface area contributed by atoms with Gasteiger partial charge < -0.3 is 5.32 Å². The van der Waals surface area contributed by atoms with Gasteiger partial charge in [0, 0.05) is 0 Å². The van der Waals surface area contributed by atoms with Crippen LogP contribution in [0.5, 0.6) is 0 Å². The number of piperidine rings is 1. The van der Waals surface area contributed by atoms with Gasteiger partial charge in [-0.2, -0.15) is 0 Å². The summed E-state index contributed by atoms with van der Waals surface area (Å²) in [6.45, 7) is 6.52. The van der Waals surface area contributed by atoms with Crippen molar-refractivity contribution in [3.8, 4) is 0 Å². The molecule has 0 saturated carbocycles. The zero-order valence-electron chi connectivity index (χ0n) is 10.1. The number of benzene rings is 1. The van der Waals surface area contributed by atoms with E-state index in [9.17, 15) is 4.39 Å². The number of rotatable bonds is 2. The van der Waals surface area contributed by atoms with Crippen molar-refractivity contribution in [1.82, 2.24) is 5.32 Å². The van der Waals surface area contributed by atoms with Crippen LogP contribution in [0.2, 0.25) is 0 Å². The Labute approximate surface area is 97.1 Å². The summed E-state index contributed by atoms with van der Waals surface area (Å²) in [5.41, 5.74) is 2.38. The Kier molecular flexibility index (Phi) is 3.59. The van der Waals surface area contributed by atoms with Gasteiger partial charge in [-0.15, -0.1) is 0 Å². The first-order valence-electron chi connectivity index (χ1n) is 6.11. The third-order valence-electron chi connectivity index (χ3n) is 3.47. The third-order valence-corrected chi connectivity index (χ3v) is 3.47. The zero-order valence-corrected chi connectivity index (χ0v) is 10.1. The first-order chi connectivity index (χ1) is 7.65. The van der Waals surface area contributed by atoms with E-state index in [-0.39, 0.29) is 5.82 Å². The van der Waals surface area contributed by atoms with Crippen LogP contribution in [0.3, 0.4) is 0 Å². The van der Waals surface area contributed by atoms with Crippen LogP contribution in [-0.2, 0) is 6.42 Å². The summed E-state index contributed by atoms with van der Waals surface area (Å²) in [5, 5.41) is 3.46. The second-order valence-electron chi connectivity index (χ2n) is 5.14. The molecule has 1 fully saturated rings. The molecule has 1 heterocycles. The number of halogens is 1. The summed E-state index contributed by atoms with van der Waals surface area (Å²) in [6, 6.07) is 5.14. The van der Waals surface area contributed by atoms with Gasteiger partial charge in [0.25, 0.3) is 0 Å².